The lowest BCUT2D eigenvalue weighted by Crippen LogP contribution is -2.47. The first kappa shape index (κ1) is 33.1. The van der Waals surface area contributed by atoms with E-state index in [0.717, 1.165) is 19.3 Å². The van der Waals surface area contributed by atoms with Crippen LogP contribution in [0.25, 0.3) is 0 Å². The molecule has 0 aliphatic carbocycles. The fourth-order valence-electron chi connectivity index (χ4n) is 4.45. The van der Waals surface area contributed by atoms with Gasteiger partial charge in [-0.2, -0.15) is 0 Å². The Morgan fingerprint density at radius 3 is 1.17 bits per heavy atom. The van der Waals surface area contributed by atoms with Gasteiger partial charge in [-0.25, -0.2) is 0 Å². The summed E-state index contributed by atoms with van der Waals surface area (Å²) in [5.74, 6) is -2.89. The molecule has 35 heavy (non-hydrogen) atoms. The summed E-state index contributed by atoms with van der Waals surface area (Å²) >= 11 is 0. The molecule has 0 aliphatic heterocycles. The molecule has 0 bridgehead atoms. The van der Waals surface area contributed by atoms with Gasteiger partial charge in [-0.3, -0.25) is 18.9 Å². The first-order valence-electron chi connectivity index (χ1n) is 14.0. The van der Waals surface area contributed by atoms with Crippen LogP contribution in [-0.4, -0.2) is 57.3 Å². The fourth-order valence-corrected chi connectivity index (χ4v) is 4.45. The molecule has 204 valence electrons. The summed E-state index contributed by atoms with van der Waals surface area (Å²) in [6, 6.07) is 0. The van der Waals surface area contributed by atoms with Gasteiger partial charge >= 0.3 is 17.9 Å². The number of nitrogens with zero attached hydrogens (tertiary/aromatic N) is 1. The van der Waals surface area contributed by atoms with E-state index in [1.807, 2.05) is 12.3 Å². The molecule has 0 aromatic rings. The average Bonchev–Trinajstić information content (AvgIpc) is 2.81. The maximum Gasteiger partial charge on any atom is 0.309 e. The van der Waals surface area contributed by atoms with Crippen LogP contribution in [0.3, 0.4) is 0 Å². The molecule has 0 amide bonds. The number of carbonyl (C=O) groups is 3. The predicted molar refractivity (Wildman–Crippen MR) is 140 cm³/mol. The smallest absolute Gasteiger partial charge is 0.309 e. The van der Waals surface area contributed by atoms with Crippen molar-refractivity contribution in [1.82, 2.24) is 0 Å². The van der Waals surface area contributed by atoms with Crippen molar-refractivity contribution in [3.05, 3.63) is 12.3 Å². The zero-order chi connectivity index (χ0) is 26.2. The lowest BCUT2D eigenvalue weighted by Gasteiger charge is -2.34. The van der Waals surface area contributed by atoms with Gasteiger partial charge in [-0.15, -0.1) is 0 Å². The van der Waals surface area contributed by atoms with Crippen LogP contribution in [0.4, 0.5) is 0 Å². The van der Waals surface area contributed by atoms with Crippen molar-refractivity contribution in [2.45, 2.75) is 129 Å². The van der Waals surface area contributed by atoms with Gasteiger partial charge in [0.2, 0.25) is 0 Å². The van der Waals surface area contributed by atoms with Crippen molar-refractivity contribution in [3.63, 3.8) is 0 Å². The minimum atomic E-state index is -0.964. The number of aliphatic carboxylic acids is 3. The van der Waals surface area contributed by atoms with Crippen molar-refractivity contribution >= 4 is 17.9 Å². The monoisotopic (exact) mass is 498 g/mol. The van der Waals surface area contributed by atoms with Gasteiger partial charge in [-0.1, -0.05) is 96.8 Å². The van der Waals surface area contributed by atoms with E-state index in [4.69, 9.17) is 15.3 Å². The quantitative estimate of drug-likeness (QED) is 0.0874. The first-order valence-corrected chi connectivity index (χ1v) is 14.0. The number of quaternary nitrogens is 1. The summed E-state index contributed by atoms with van der Waals surface area (Å²) in [7, 11) is 0. The fraction of sp³-hybridized carbons (Fsp3) is 0.821. The van der Waals surface area contributed by atoms with Crippen LogP contribution in [0.1, 0.15) is 129 Å². The molecule has 7 heteroatoms. The summed E-state index contributed by atoms with van der Waals surface area (Å²) < 4.78 is 0.0869. The maximum absolute atomic E-state index is 11.1. The van der Waals surface area contributed by atoms with Crippen molar-refractivity contribution in [2.24, 2.45) is 0 Å². The van der Waals surface area contributed by atoms with E-state index < -0.39 is 17.9 Å². The Morgan fingerprint density at radius 1 is 0.543 bits per heavy atom. The Balaban J connectivity index is 4.11. The SMILES string of the molecule is CCCCCCCCCCCCCCCCC/C=C/[N+](CCC(=O)O)(CCC(=O)O)CCC(=O)O. The zero-order valence-corrected chi connectivity index (χ0v) is 22.2. The highest BCUT2D eigenvalue weighted by atomic mass is 16.4. The van der Waals surface area contributed by atoms with Crippen LogP contribution in [0.15, 0.2) is 12.3 Å². The van der Waals surface area contributed by atoms with E-state index in [9.17, 15) is 14.4 Å². The second-order valence-electron chi connectivity index (χ2n) is 9.94. The largest absolute Gasteiger partial charge is 0.481 e. The third-order valence-electron chi connectivity index (χ3n) is 6.71. The Hall–Kier alpha value is -1.89. The van der Waals surface area contributed by atoms with Gasteiger partial charge < -0.3 is 15.3 Å². The van der Waals surface area contributed by atoms with Crippen molar-refractivity contribution in [2.75, 3.05) is 19.6 Å². The van der Waals surface area contributed by atoms with Gasteiger partial charge in [-0.05, 0) is 18.9 Å². The third kappa shape index (κ3) is 22.3. The molecular weight excluding hydrogens is 446 g/mol. The molecule has 0 atom stereocenters. The topological polar surface area (TPSA) is 112 Å². The highest BCUT2D eigenvalue weighted by molar-refractivity contribution is 5.67. The minimum Gasteiger partial charge on any atom is -0.481 e. The molecule has 0 radical (unpaired) electrons. The number of carboxylic acid groups (broad SMARTS) is 3. The van der Waals surface area contributed by atoms with Gasteiger partial charge in [0.1, 0.15) is 0 Å². The molecule has 0 rings (SSSR count). The molecule has 0 fully saturated rings. The third-order valence-corrected chi connectivity index (χ3v) is 6.71. The van der Waals surface area contributed by atoms with Crippen LogP contribution >= 0.6 is 0 Å². The number of unbranched alkanes of at least 4 members (excludes halogenated alkanes) is 15. The van der Waals surface area contributed by atoms with E-state index in [2.05, 4.69) is 6.92 Å². The van der Waals surface area contributed by atoms with Gasteiger partial charge in [0.25, 0.3) is 0 Å². The van der Waals surface area contributed by atoms with E-state index >= 15 is 0 Å². The maximum atomic E-state index is 11.1. The molecule has 0 unspecified atom stereocenters. The molecule has 0 saturated heterocycles. The minimum absolute atomic E-state index is 0.0869. The van der Waals surface area contributed by atoms with Crippen LogP contribution in [0, 0.1) is 0 Å². The number of rotatable bonds is 26. The Labute approximate surface area is 213 Å². The summed E-state index contributed by atoms with van der Waals surface area (Å²) in [5, 5.41) is 27.3. The van der Waals surface area contributed by atoms with E-state index in [0.29, 0.717) is 0 Å². The van der Waals surface area contributed by atoms with Crippen molar-refractivity contribution in [1.29, 1.82) is 0 Å². The van der Waals surface area contributed by atoms with Gasteiger partial charge in [0.05, 0.1) is 45.1 Å². The average molecular weight is 499 g/mol. The van der Waals surface area contributed by atoms with Crippen LogP contribution in [0.2, 0.25) is 0 Å². The van der Waals surface area contributed by atoms with Crippen molar-refractivity contribution in [3.8, 4) is 0 Å². The predicted octanol–water partition coefficient (Wildman–Crippen LogP) is 7.00. The highest BCUT2D eigenvalue weighted by Crippen LogP contribution is 2.16. The van der Waals surface area contributed by atoms with Gasteiger partial charge in [0.15, 0.2) is 0 Å². The van der Waals surface area contributed by atoms with E-state index in [1.54, 1.807) is 0 Å². The lowest BCUT2D eigenvalue weighted by atomic mass is 10.0. The molecule has 7 nitrogen and oxygen atoms in total. The number of carboxylic acids is 3. The highest BCUT2D eigenvalue weighted by Gasteiger charge is 2.27. The zero-order valence-electron chi connectivity index (χ0n) is 22.2. The van der Waals surface area contributed by atoms with Crippen LogP contribution < -0.4 is 0 Å². The number of hydrogen-bond acceptors (Lipinski definition) is 3. The Bertz CT molecular complexity index is 544. The van der Waals surface area contributed by atoms with E-state index in [-0.39, 0.29) is 43.4 Å². The molecule has 0 aliphatic rings. The Morgan fingerprint density at radius 2 is 0.857 bits per heavy atom. The van der Waals surface area contributed by atoms with Gasteiger partial charge in [0, 0.05) is 0 Å². The van der Waals surface area contributed by atoms with Crippen LogP contribution in [0.5, 0.6) is 0 Å². The molecule has 0 aromatic heterocycles. The summed E-state index contributed by atoms with van der Waals surface area (Å²) in [6.45, 7) is 2.86. The van der Waals surface area contributed by atoms with Crippen molar-refractivity contribution < 1.29 is 34.2 Å². The normalized spacial score (nSPS) is 11.8. The molecule has 0 spiro atoms. The molecule has 0 heterocycles. The molecule has 3 N–H and O–H groups in total. The standard InChI is InChI=1S/C28H51NO6/c1-2-3-4-5-6-7-8-9-10-11-12-13-14-15-16-17-18-22-29(23-19-26(30)31,24-20-27(32)33)25-21-28(34)35/h18,22H,2-17,19-21,23-25H2,1H3,(H2-,30,31,32,33,34,35)/p+1/b22-18+. The summed E-state index contributed by atoms with van der Waals surface area (Å²) in [5.41, 5.74) is 0. The second kappa shape index (κ2) is 22.6. The molecular formula is C28H52NO6+. The molecule has 0 saturated carbocycles. The Kier molecular flexibility index (Phi) is 21.3. The summed E-state index contributed by atoms with van der Waals surface area (Å²) in [6.07, 6.45) is 23.9. The summed E-state index contributed by atoms with van der Waals surface area (Å²) in [4.78, 5) is 33.3. The van der Waals surface area contributed by atoms with E-state index in [1.165, 1.54) is 83.5 Å². The molecule has 0 aromatic carbocycles. The van der Waals surface area contributed by atoms with Crippen LogP contribution in [-0.2, 0) is 14.4 Å². The number of hydrogen-bond donors (Lipinski definition) is 3. The second-order valence-corrected chi connectivity index (χ2v) is 9.94. The number of allylic oxidation sites excluding steroid dienone is 1. The first-order chi connectivity index (χ1) is 16.8. The lowest BCUT2D eigenvalue weighted by molar-refractivity contribution is -0.878.